The highest BCUT2D eigenvalue weighted by Gasteiger charge is 2.48. The Labute approximate surface area is 201 Å². The number of aliphatic hydroxyl groups is 1. The van der Waals surface area contributed by atoms with Crippen LogP contribution in [0.3, 0.4) is 0 Å². The molecule has 2 unspecified atom stereocenters. The molecule has 1 fully saturated rings. The zero-order valence-electron chi connectivity index (χ0n) is 19.3. The Morgan fingerprint density at radius 3 is 2.69 bits per heavy atom. The van der Waals surface area contributed by atoms with Crippen molar-refractivity contribution in [3.63, 3.8) is 0 Å². The summed E-state index contributed by atoms with van der Waals surface area (Å²) in [4.78, 5) is 35.9. The number of imidazole rings is 1. The van der Waals surface area contributed by atoms with Gasteiger partial charge in [0.2, 0.25) is 5.95 Å². The molecule has 1 saturated heterocycles. The van der Waals surface area contributed by atoms with Crippen LogP contribution in [-0.4, -0.2) is 32.9 Å². The van der Waals surface area contributed by atoms with Crippen molar-refractivity contribution in [2.75, 3.05) is 4.90 Å². The number of aliphatic hydroxyl groups excluding tert-OH is 1. The van der Waals surface area contributed by atoms with Crippen molar-refractivity contribution in [2.45, 2.75) is 32.4 Å². The number of ether oxygens (including phenoxy) is 1. The summed E-state index contributed by atoms with van der Waals surface area (Å²) in [5.41, 5.74) is 4.66. The normalized spacial score (nSPS) is 20.9. The lowest BCUT2D eigenvalue weighted by molar-refractivity contribution is -0.132. The Bertz CT molecular complexity index is 1540. The Kier molecular flexibility index (Phi) is 4.74. The maximum Gasteiger partial charge on any atom is 0.302 e. The van der Waals surface area contributed by atoms with Gasteiger partial charge in [-0.05, 0) is 60.9 Å². The minimum absolute atomic E-state index is 0.0322. The molecule has 0 aliphatic carbocycles. The number of aromatic amines is 1. The van der Waals surface area contributed by atoms with Crippen LogP contribution in [0.15, 0.2) is 72.3 Å². The number of hydrogen-bond acceptors (Lipinski definition) is 5. The first-order valence-electron chi connectivity index (χ1n) is 11.5. The molecule has 35 heavy (non-hydrogen) atoms. The summed E-state index contributed by atoms with van der Waals surface area (Å²) in [6.45, 7) is 3.95. The number of aromatic nitrogens is 2. The van der Waals surface area contributed by atoms with E-state index in [1.165, 1.54) is 4.90 Å². The Hall–Kier alpha value is -4.39. The summed E-state index contributed by atoms with van der Waals surface area (Å²) < 4.78 is 5.77. The number of aryl methyl sites for hydroxylation is 1. The molecular formula is C28H23N3O4. The molecule has 0 saturated carbocycles. The Balaban J connectivity index is 1.53. The highest BCUT2D eigenvalue weighted by molar-refractivity contribution is 6.51. The highest BCUT2D eigenvalue weighted by atomic mass is 16.5. The molecule has 7 heteroatoms. The van der Waals surface area contributed by atoms with E-state index in [0.29, 0.717) is 23.1 Å². The van der Waals surface area contributed by atoms with Gasteiger partial charge in [-0.15, -0.1) is 0 Å². The summed E-state index contributed by atoms with van der Waals surface area (Å²) >= 11 is 0. The van der Waals surface area contributed by atoms with Crippen molar-refractivity contribution >= 4 is 34.4 Å². The third-order valence-electron chi connectivity index (χ3n) is 6.58. The van der Waals surface area contributed by atoms with Crippen molar-refractivity contribution in [2.24, 2.45) is 0 Å². The van der Waals surface area contributed by atoms with Gasteiger partial charge in [-0.2, -0.15) is 0 Å². The van der Waals surface area contributed by atoms with Gasteiger partial charge in [0.25, 0.3) is 5.78 Å². The van der Waals surface area contributed by atoms with E-state index in [-0.39, 0.29) is 23.4 Å². The van der Waals surface area contributed by atoms with Gasteiger partial charge in [-0.25, -0.2) is 4.98 Å². The van der Waals surface area contributed by atoms with Gasteiger partial charge in [0, 0.05) is 12.0 Å². The summed E-state index contributed by atoms with van der Waals surface area (Å²) in [6, 6.07) is 19.5. The SMILES string of the molecule is Cc1ccc2nc(N3C(=O)C(=O)/C(=C(/O)c4ccc5c(c4)CC(C)O5)C3c3ccccc3)[nH]c2c1. The van der Waals surface area contributed by atoms with Crippen LogP contribution in [0.4, 0.5) is 5.95 Å². The molecule has 6 rings (SSSR count). The predicted molar refractivity (Wildman–Crippen MR) is 132 cm³/mol. The molecule has 2 aliphatic heterocycles. The maximum atomic E-state index is 13.4. The minimum Gasteiger partial charge on any atom is -0.507 e. The van der Waals surface area contributed by atoms with E-state index in [1.807, 2.05) is 68.4 Å². The van der Waals surface area contributed by atoms with Crippen molar-refractivity contribution in [3.05, 3.63) is 94.6 Å². The number of Topliss-reactive ketones (excluding diaryl/α,β-unsaturated/α-hetero) is 1. The number of ketones is 1. The fourth-order valence-electron chi connectivity index (χ4n) is 4.95. The Morgan fingerprint density at radius 1 is 1.09 bits per heavy atom. The number of fused-ring (bicyclic) bond motifs is 2. The topological polar surface area (TPSA) is 95.5 Å². The lowest BCUT2D eigenvalue weighted by Gasteiger charge is -2.23. The second kappa shape index (κ2) is 7.84. The molecule has 0 spiro atoms. The number of nitrogens with one attached hydrogen (secondary N) is 1. The van der Waals surface area contributed by atoms with Crippen LogP contribution in [-0.2, 0) is 16.0 Å². The molecule has 2 aliphatic rings. The molecule has 0 bridgehead atoms. The van der Waals surface area contributed by atoms with Crippen molar-refractivity contribution in [1.82, 2.24) is 9.97 Å². The van der Waals surface area contributed by atoms with Crippen LogP contribution in [0, 0.1) is 6.92 Å². The van der Waals surface area contributed by atoms with Gasteiger partial charge >= 0.3 is 5.91 Å². The number of amides is 1. The number of rotatable bonds is 3. The van der Waals surface area contributed by atoms with E-state index < -0.39 is 17.7 Å². The second-order valence-electron chi connectivity index (χ2n) is 9.12. The standard InChI is InChI=1S/C28H23N3O4/c1-15-8-10-20-21(12-15)30-28(29-20)31-24(17-6-4-3-5-7-17)23(26(33)27(31)34)25(32)18-9-11-22-19(14-18)13-16(2)35-22/h3-12,14,16,24,32H,13H2,1-2H3,(H,29,30)/b25-23+. The van der Waals surface area contributed by atoms with Crippen LogP contribution in [0.2, 0.25) is 0 Å². The summed E-state index contributed by atoms with van der Waals surface area (Å²) in [7, 11) is 0. The summed E-state index contributed by atoms with van der Waals surface area (Å²) in [5, 5.41) is 11.4. The molecule has 3 heterocycles. The molecule has 2 atom stereocenters. The number of benzene rings is 3. The van der Waals surface area contributed by atoms with E-state index in [9.17, 15) is 14.7 Å². The first-order chi connectivity index (χ1) is 16.9. The average molecular weight is 466 g/mol. The number of carbonyl (C=O) groups excluding carboxylic acids is 2. The second-order valence-corrected chi connectivity index (χ2v) is 9.12. The molecular weight excluding hydrogens is 442 g/mol. The van der Waals surface area contributed by atoms with Gasteiger partial charge in [0.05, 0.1) is 22.6 Å². The molecule has 174 valence electrons. The van der Waals surface area contributed by atoms with Gasteiger partial charge in [-0.3, -0.25) is 14.5 Å². The molecule has 7 nitrogen and oxygen atoms in total. The van der Waals surface area contributed by atoms with E-state index in [1.54, 1.807) is 12.1 Å². The quantitative estimate of drug-likeness (QED) is 0.257. The minimum atomic E-state index is -0.832. The van der Waals surface area contributed by atoms with E-state index in [4.69, 9.17) is 4.74 Å². The van der Waals surface area contributed by atoms with E-state index in [2.05, 4.69) is 9.97 Å². The Morgan fingerprint density at radius 2 is 1.89 bits per heavy atom. The lowest BCUT2D eigenvalue weighted by Crippen LogP contribution is -2.30. The van der Waals surface area contributed by atoms with Gasteiger partial charge in [0.1, 0.15) is 17.6 Å². The van der Waals surface area contributed by atoms with Crippen LogP contribution in [0.25, 0.3) is 16.8 Å². The van der Waals surface area contributed by atoms with Gasteiger partial charge in [-0.1, -0.05) is 36.4 Å². The summed E-state index contributed by atoms with van der Waals surface area (Å²) in [5.74, 6) is -0.676. The van der Waals surface area contributed by atoms with Gasteiger partial charge in [0.15, 0.2) is 0 Å². The van der Waals surface area contributed by atoms with E-state index in [0.717, 1.165) is 22.4 Å². The van der Waals surface area contributed by atoms with Crippen molar-refractivity contribution < 1.29 is 19.4 Å². The fourth-order valence-corrected chi connectivity index (χ4v) is 4.95. The number of anilines is 1. The molecule has 2 N–H and O–H groups in total. The van der Waals surface area contributed by atoms with Gasteiger partial charge < -0.3 is 14.8 Å². The van der Waals surface area contributed by atoms with E-state index >= 15 is 0 Å². The zero-order chi connectivity index (χ0) is 24.3. The number of H-pyrrole nitrogens is 1. The number of carbonyl (C=O) groups is 2. The zero-order valence-corrected chi connectivity index (χ0v) is 19.3. The smallest absolute Gasteiger partial charge is 0.302 e. The van der Waals surface area contributed by atoms with Crippen LogP contribution >= 0.6 is 0 Å². The van der Waals surface area contributed by atoms with Crippen LogP contribution in [0.1, 0.15) is 35.2 Å². The third kappa shape index (κ3) is 3.39. The molecule has 1 amide bonds. The third-order valence-corrected chi connectivity index (χ3v) is 6.58. The number of nitrogens with zero attached hydrogens (tertiary/aromatic N) is 2. The first-order valence-corrected chi connectivity index (χ1v) is 11.5. The fraction of sp³-hybridized carbons (Fsp3) is 0.179. The average Bonchev–Trinajstić information content (AvgIpc) is 3.51. The molecule has 1 aromatic heterocycles. The van der Waals surface area contributed by atoms with Crippen molar-refractivity contribution in [1.29, 1.82) is 0 Å². The number of hydrogen-bond donors (Lipinski definition) is 2. The van der Waals surface area contributed by atoms with Crippen LogP contribution in [0.5, 0.6) is 5.75 Å². The highest BCUT2D eigenvalue weighted by Crippen LogP contribution is 2.42. The largest absolute Gasteiger partial charge is 0.507 e. The molecule has 4 aromatic rings. The molecule has 3 aromatic carbocycles. The molecule has 0 radical (unpaired) electrons. The maximum absolute atomic E-state index is 13.4. The predicted octanol–water partition coefficient (Wildman–Crippen LogP) is 4.82. The van der Waals surface area contributed by atoms with Crippen molar-refractivity contribution in [3.8, 4) is 5.75 Å². The lowest BCUT2D eigenvalue weighted by atomic mass is 9.94. The first kappa shape index (κ1) is 21.2. The van der Waals surface area contributed by atoms with Crippen LogP contribution < -0.4 is 9.64 Å². The summed E-state index contributed by atoms with van der Waals surface area (Å²) in [6.07, 6.45) is 0.764. The monoisotopic (exact) mass is 465 g/mol.